The lowest BCUT2D eigenvalue weighted by Gasteiger charge is -2.38. The number of carbonyl (C=O) groups is 1. The molecule has 2 aliphatic carbocycles. The summed E-state index contributed by atoms with van der Waals surface area (Å²) in [7, 11) is 0. The number of anilines is 1. The third-order valence-electron chi connectivity index (χ3n) is 6.58. The van der Waals surface area contributed by atoms with Crippen LogP contribution in [0.3, 0.4) is 0 Å². The fraction of sp³-hybridized carbons (Fsp3) is 0.280. The number of amides is 1. The summed E-state index contributed by atoms with van der Waals surface area (Å²) >= 11 is 0. The number of aromatic nitrogens is 4. The van der Waals surface area contributed by atoms with Crippen LogP contribution in [-0.2, 0) is 10.3 Å². The molecule has 2 heterocycles. The van der Waals surface area contributed by atoms with Crippen molar-refractivity contribution in [1.29, 1.82) is 0 Å². The molecule has 7 heteroatoms. The topological polar surface area (TPSA) is 98.2 Å². The molecular formula is C25H24N6O. The minimum Gasteiger partial charge on any atom is -0.321 e. The molecule has 0 atom stereocenters. The Hall–Kier alpha value is -3.58. The lowest BCUT2D eigenvalue weighted by Crippen LogP contribution is -2.43. The predicted octanol–water partition coefficient (Wildman–Crippen LogP) is 4.14. The quantitative estimate of drug-likeness (QED) is 0.502. The van der Waals surface area contributed by atoms with Crippen molar-refractivity contribution in [3.8, 4) is 22.4 Å². The van der Waals surface area contributed by atoms with Crippen LogP contribution in [0.4, 0.5) is 5.95 Å². The van der Waals surface area contributed by atoms with E-state index in [1.54, 1.807) is 4.52 Å². The molecule has 0 aliphatic heterocycles. The van der Waals surface area contributed by atoms with Gasteiger partial charge in [-0.05, 0) is 43.2 Å². The van der Waals surface area contributed by atoms with E-state index in [2.05, 4.69) is 51.8 Å². The summed E-state index contributed by atoms with van der Waals surface area (Å²) in [5.41, 5.74) is 11.3. The molecule has 32 heavy (non-hydrogen) atoms. The molecule has 3 N–H and O–H groups in total. The molecule has 0 radical (unpaired) electrons. The van der Waals surface area contributed by atoms with Crippen molar-refractivity contribution in [1.82, 2.24) is 19.6 Å². The van der Waals surface area contributed by atoms with Gasteiger partial charge in [-0.2, -0.15) is 4.98 Å². The Labute approximate surface area is 185 Å². The Morgan fingerprint density at radius 3 is 2.41 bits per heavy atom. The highest BCUT2D eigenvalue weighted by Gasteiger charge is 2.34. The van der Waals surface area contributed by atoms with E-state index in [0.29, 0.717) is 5.78 Å². The van der Waals surface area contributed by atoms with Crippen LogP contribution in [0.25, 0.3) is 28.2 Å². The summed E-state index contributed by atoms with van der Waals surface area (Å²) < 4.78 is 1.63. The van der Waals surface area contributed by atoms with E-state index in [9.17, 15) is 4.79 Å². The van der Waals surface area contributed by atoms with E-state index in [4.69, 9.17) is 10.7 Å². The van der Waals surface area contributed by atoms with Crippen LogP contribution in [0.15, 0.2) is 60.8 Å². The maximum absolute atomic E-state index is 12.1. The molecule has 2 aliphatic rings. The average molecular weight is 425 g/mol. The molecule has 0 spiro atoms. The molecule has 0 saturated heterocycles. The van der Waals surface area contributed by atoms with Crippen LogP contribution in [-0.4, -0.2) is 25.5 Å². The molecule has 2 fully saturated rings. The Kier molecular flexibility index (Phi) is 4.33. The van der Waals surface area contributed by atoms with Gasteiger partial charge in [0.1, 0.15) is 0 Å². The van der Waals surface area contributed by atoms with Crippen molar-refractivity contribution in [2.24, 2.45) is 11.7 Å². The fourth-order valence-corrected chi connectivity index (χ4v) is 4.29. The first-order valence-corrected chi connectivity index (χ1v) is 11.1. The predicted molar refractivity (Wildman–Crippen MR) is 123 cm³/mol. The standard InChI is InChI=1S/C25H24N6O/c26-25(13-4-14-25)19-11-9-17(10-12-19)21-20(16-5-2-1-3-6-16)15-31-24(27-21)29-23(30-31)28-22(32)18-7-8-18/h1-3,5-6,9-12,15,18H,4,7-8,13-14,26H2,(H,28,30,32). The highest BCUT2D eigenvalue weighted by molar-refractivity contribution is 5.92. The second-order valence-corrected chi connectivity index (χ2v) is 8.90. The molecule has 0 unspecified atom stereocenters. The van der Waals surface area contributed by atoms with E-state index in [0.717, 1.165) is 48.1 Å². The van der Waals surface area contributed by atoms with Crippen LogP contribution in [0.2, 0.25) is 0 Å². The number of hydrogen-bond acceptors (Lipinski definition) is 5. The molecule has 0 bridgehead atoms. The van der Waals surface area contributed by atoms with Crippen molar-refractivity contribution >= 4 is 17.6 Å². The number of nitrogens with one attached hydrogen (secondary N) is 1. The molecule has 2 saturated carbocycles. The number of rotatable bonds is 5. The first-order valence-electron chi connectivity index (χ1n) is 11.1. The van der Waals surface area contributed by atoms with Crippen LogP contribution in [0, 0.1) is 5.92 Å². The second-order valence-electron chi connectivity index (χ2n) is 8.90. The van der Waals surface area contributed by atoms with Gasteiger partial charge in [-0.25, -0.2) is 9.50 Å². The Balaban J connectivity index is 1.43. The van der Waals surface area contributed by atoms with Gasteiger partial charge in [0.05, 0.1) is 5.69 Å². The summed E-state index contributed by atoms with van der Waals surface area (Å²) in [6.45, 7) is 0. The highest BCUT2D eigenvalue weighted by Crippen LogP contribution is 2.39. The summed E-state index contributed by atoms with van der Waals surface area (Å²) in [5, 5.41) is 7.26. The van der Waals surface area contributed by atoms with E-state index >= 15 is 0 Å². The third-order valence-corrected chi connectivity index (χ3v) is 6.58. The van der Waals surface area contributed by atoms with Crippen LogP contribution in [0.5, 0.6) is 0 Å². The average Bonchev–Trinajstić information content (AvgIpc) is 3.58. The maximum atomic E-state index is 12.1. The second kappa shape index (κ2) is 7.24. The van der Waals surface area contributed by atoms with Crippen molar-refractivity contribution in [2.75, 3.05) is 5.32 Å². The zero-order valence-corrected chi connectivity index (χ0v) is 17.7. The number of carbonyl (C=O) groups excluding carboxylic acids is 1. The SMILES string of the molecule is NC1(c2ccc(-c3nc4nc(NC(=O)C5CC5)nn4cc3-c3ccccc3)cc2)CCC1. The van der Waals surface area contributed by atoms with E-state index < -0.39 is 0 Å². The maximum Gasteiger partial charge on any atom is 0.254 e. The summed E-state index contributed by atoms with van der Waals surface area (Å²) in [6, 6.07) is 18.5. The molecular weight excluding hydrogens is 400 g/mol. The Morgan fingerprint density at radius 1 is 1.00 bits per heavy atom. The summed E-state index contributed by atoms with van der Waals surface area (Å²) in [4.78, 5) is 21.4. The normalized spacial score (nSPS) is 17.2. The van der Waals surface area contributed by atoms with Gasteiger partial charge in [-0.15, -0.1) is 5.10 Å². The monoisotopic (exact) mass is 424 g/mol. The van der Waals surface area contributed by atoms with Gasteiger partial charge >= 0.3 is 0 Å². The number of benzene rings is 2. The molecule has 160 valence electrons. The first-order chi connectivity index (χ1) is 15.6. The van der Waals surface area contributed by atoms with Crippen LogP contribution in [0.1, 0.15) is 37.7 Å². The number of hydrogen-bond donors (Lipinski definition) is 2. The molecule has 2 aromatic heterocycles. The van der Waals surface area contributed by atoms with Gasteiger partial charge < -0.3 is 5.73 Å². The van der Waals surface area contributed by atoms with Gasteiger partial charge in [-0.1, -0.05) is 54.6 Å². The van der Waals surface area contributed by atoms with Crippen molar-refractivity contribution < 1.29 is 4.79 Å². The lowest BCUT2D eigenvalue weighted by atomic mass is 9.72. The molecule has 7 nitrogen and oxygen atoms in total. The van der Waals surface area contributed by atoms with Gasteiger partial charge in [0.15, 0.2) is 0 Å². The van der Waals surface area contributed by atoms with E-state index in [-0.39, 0.29) is 23.3 Å². The largest absolute Gasteiger partial charge is 0.321 e. The molecule has 1 amide bonds. The number of nitrogens with two attached hydrogens (primary N) is 1. The van der Waals surface area contributed by atoms with Crippen molar-refractivity contribution in [3.05, 3.63) is 66.4 Å². The lowest BCUT2D eigenvalue weighted by molar-refractivity contribution is -0.117. The summed E-state index contributed by atoms with van der Waals surface area (Å²) in [5.74, 6) is 0.803. The van der Waals surface area contributed by atoms with Crippen molar-refractivity contribution in [3.63, 3.8) is 0 Å². The third kappa shape index (κ3) is 3.35. The zero-order chi connectivity index (χ0) is 21.7. The van der Waals surface area contributed by atoms with Crippen molar-refractivity contribution in [2.45, 2.75) is 37.6 Å². The van der Waals surface area contributed by atoms with Crippen LogP contribution < -0.4 is 11.1 Å². The highest BCUT2D eigenvalue weighted by atomic mass is 16.2. The Morgan fingerprint density at radius 2 is 1.75 bits per heavy atom. The smallest absolute Gasteiger partial charge is 0.254 e. The Bertz CT molecular complexity index is 1300. The number of fused-ring (bicyclic) bond motifs is 1. The van der Waals surface area contributed by atoms with Gasteiger partial charge in [0, 0.05) is 28.8 Å². The van der Waals surface area contributed by atoms with Gasteiger partial charge in [0.2, 0.25) is 5.91 Å². The first kappa shape index (κ1) is 19.1. The molecule has 4 aromatic rings. The van der Waals surface area contributed by atoms with Gasteiger partial charge in [0.25, 0.3) is 11.7 Å². The molecule has 2 aromatic carbocycles. The fourth-order valence-electron chi connectivity index (χ4n) is 4.29. The minimum atomic E-state index is -0.195. The number of nitrogens with zero attached hydrogens (tertiary/aromatic N) is 4. The zero-order valence-electron chi connectivity index (χ0n) is 17.7. The van der Waals surface area contributed by atoms with E-state index in [1.165, 1.54) is 12.0 Å². The van der Waals surface area contributed by atoms with E-state index in [1.807, 2.05) is 24.4 Å². The summed E-state index contributed by atoms with van der Waals surface area (Å²) in [6.07, 6.45) is 7.03. The van der Waals surface area contributed by atoms with Crippen LogP contribution >= 0.6 is 0 Å². The van der Waals surface area contributed by atoms with Gasteiger partial charge in [-0.3, -0.25) is 10.1 Å². The minimum absolute atomic E-state index is 0.0216. The molecule has 6 rings (SSSR count).